The maximum absolute atomic E-state index is 5.71. The van der Waals surface area contributed by atoms with Crippen LogP contribution in [0.4, 0.5) is 0 Å². The molecule has 0 spiro atoms. The fourth-order valence-corrected chi connectivity index (χ4v) is 3.84. The molecular formula is C15H14N6OS. The third-order valence-electron chi connectivity index (χ3n) is 4.08. The Kier molecular flexibility index (Phi) is 2.77. The molecular weight excluding hydrogens is 312 g/mol. The van der Waals surface area contributed by atoms with Gasteiger partial charge in [-0.25, -0.2) is 4.98 Å². The topological polar surface area (TPSA) is 81.0 Å². The third-order valence-corrected chi connectivity index (χ3v) is 5.03. The minimum atomic E-state index is 0.0117. The summed E-state index contributed by atoms with van der Waals surface area (Å²) in [7, 11) is 0. The smallest absolute Gasteiger partial charge is 0.235 e. The zero-order valence-electron chi connectivity index (χ0n) is 12.5. The van der Waals surface area contributed by atoms with Crippen molar-refractivity contribution in [1.82, 2.24) is 29.8 Å². The Morgan fingerprint density at radius 1 is 1.35 bits per heavy atom. The van der Waals surface area contributed by atoms with Gasteiger partial charge in [0.05, 0.1) is 11.0 Å². The number of imidazole rings is 1. The second-order valence-corrected chi connectivity index (χ2v) is 6.67. The van der Waals surface area contributed by atoms with E-state index in [1.807, 2.05) is 23.6 Å². The molecule has 1 aliphatic rings. The molecule has 7 nitrogen and oxygen atoms in total. The third kappa shape index (κ3) is 2.06. The lowest BCUT2D eigenvalue weighted by atomic mass is 10.2. The van der Waals surface area contributed by atoms with Crippen LogP contribution in [0.2, 0.25) is 0 Å². The molecule has 1 saturated heterocycles. The molecule has 1 N–H and O–H groups in total. The van der Waals surface area contributed by atoms with Gasteiger partial charge in [-0.15, -0.1) is 10.2 Å². The van der Waals surface area contributed by atoms with E-state index >= 15 is 0 Å². The predicted octanol–water partition coefficient (Wildman–Crippen LogP) is 2.89. The summed E-state index contributed by atoms with van der Waals surface area (Å²) < 4.78 is 7.53. The van der Waals surface area contributed by atoms with E-state index in [0.29, 0.717) is 0 Å². The van der Waals surface area contributed by atoms with Gasteiger partial charge in [0.1, 0.15) is 16.9 Å². The Labute approximate surface area is 135 Å². The first kappa shape index (κ1) is 13.1. The molecule has 0 bridgehead atoms. The molecule has 1 aromatic carbocycles. The van der Waals surface area contributed by atoms with Crippen molar-refractivity contribution >= 4 is 27.3 Å². The molecule has 23 heavy (non-hydrogen) atoms. The summed E-state index contributed by atoms with van der Waals surface area (Å²) in [4.78, 5) is 8.49. The van der Waals surface area contributed by atoms with Crippen LogP contribution in [0.5, 0.6) is 0 Å². The lowest BCUT2D eigenvalue weighted by Crippen LogP contribution is -2.03. The van der Waals surface area contributed by atoms with Crippen molar-refractivity contribution in [1.29, 1.82) is 0 Å². The van der Waals surface area contributed by atoms with Gasteiger partial charge in [-0.1, -0.05) is 11.3 Å². The highest BCUT2D eigenvalue weighted by molar-refractivity contribution is 7.19. The van der Waals surface area contributed by atoms with Crippen molar-refractivity contribution in [2.24, 2.45) is 0 Å². The minimum Gasteiger partial charge on any atom is -0.370 e. The van der Waals surface area contributed by atoms with Gasteiger partial charge in [-0.2, -0.15) is 9.61 Å². The maximum atomic E-state index is 5.71. The lowest BCUT2D eigenvalue weighted by Gasteiger charge is -2.04. The number of aryl methyl sites for hydroxylation is 1. The quantitative estimate of drug-likeness (QED) is 0.612. The first-order valence-corrected chi connectivity index (χ1v) is 8.40. The lowest BCUT2D eigenvalue weighted by molar-refractivity contribution is 0.103. The summed E-state index contributed by atoms with van der Waals surface area (Å²) in [5.74, 6) is 1.72. The zero-order valence-corrected chi connectivity index (χ0v) is 13.3. The number of H-pyrrole nitrogens is 1. The molecule has 1 aliphatic heterocycles. The molecule has 3 aromatic heterocycles. The van der Waals surface area contributed by atoms with Crippen LogP contribution < -0.4 is 0 Å². The van der Waals surface area contributed by atoms with Gasteiger partial charge < -0.3 is 9.72 Å². The first-order valence-electron chi connectivity index (χ1n) is 7.58. The van der Waals surface area contributed by atoms with Crippen LogP contribution in [0.3, 0.4) is 0 Å². The van der Waals surface area contributed by atoms with Crippen molar-refractivity contribution in [3.8, 4) is 10.6 Å². The van der Waals surface area contributed by atoms with Crippen LogP contribution in [0, 0.1) is 6.92 Å². The highest BCUT2D eigenvalue weighted by atomic mass is 32.1. The highest BCUT2D eigenvalue weighted by Crippen LogP contribution is 2.31. The van der Waals surface area contributed by atoms with Gasteiger partial charge in [0.2, 0.25) is 4.96 Å². The summed E-state index contributed by atoms with van der Waals surface area (Å²) in [6.07, 6.45) is 2.05. The molecule has 8 heteroatoms. The van der Waals surface area contributed by atoms with E-state index in [-0.39, 0.29) is 6.10 Å². The number of hydrogen-bond donors (Lipinski definition) is 1. The van der Waals surface area contributed by atoms with Gasteiger partial charge >= 0.3 is 0 Å². The fourth-order valence-electron chi connectivity index (χ4n) is 3.00. The van der Waals surface area contributed by atoms with E-state index in [4.69, 9.17) is 9.84 Å². The van der Waals surface area contributed by atoms with Gasteiger partial charge in [-0.3, -0.25) is 0 Å². The molecule has 0 saturated carbocycles. The monoisotopic (exact) mass is 326 g/mol. The Bertz CT molecular complexity index is 1010. The van der Waals surface area contributed by atoms with Crippen LogP contribution in [-0.2, 0) is 4.74 Å². The van der Waals surface area contributed by atoms with Crippen molar-refractivity contribution in [2.45, 2.75) is 25.9 Å². The molecule has 116 valence electrons. The van der Waals surface area contributed by atoms with E-state index in [1.165, 1.54) is 11.3 Å². The summed E-state index contributed by atoms with van der Waals surface area (Å²) in [6, 6.07) is 6.13. The summed E-state index contributed by atoms with van der Waals surface area (Å²) >= 11 is 1.53. The summed E-state index contributed by atoms with van der Waals surface area (Å²) in [5, 5.41) is 14.1. The number of fused-ring (bicyclic) bond motifs is 2. The van der Waals surface area contributed by atoms with Gasteiger partial charge in [0.15, 0.2) is 5.82 Å². The largest absolute Gasteiger partial charge is 0.370 e. The summed E-state index contributed by atoms with van der Waals surface area (Å²) in [5.41, 5.74) is 3.04. The van der Waals surface area contributed by atoms with E-state index in [0.717, 1.165) is 57.7 Å². The van der Waals surface area contributed by atoms with E-state index in [2.05, 4.69) is 26.2 Å². The Hall–Kier alpha value is -2.32. The average Bonchev–Trinajstić information content (AvgIpc) is 3.28. The number of aromatic nitrogens is 6. The van der Waals surface area contributed by atoms with E-state index < -0.39 is 0 Å². The normalized spacial score (nSPS) is 18.4. The number of hydrogen-bond acceptors (Lipinski definition) is 6. The van der Waals surface area contributed by atoms with Crippen molar-refractivity contribution in [2.75, 3.05) is 6.61 Å². The molecule has 4 heterocycles. The van der Waals surface area contributed by atoms with Crippen LogP contribution in [0.25, 0.3) is 26.6 Å². The Morgan fingerprint density at radius 3 is 3.17 bits per heavy atom. The van der Waals surface area contributed by atoms with Crippen LogP contribution in [-0.4, -0.2) is 36.4 Å². The van der Waals surface area contributed by atoms with Crippen molar-refractivity contribution in [3.63, 3.8) is 0 Å². The van der Waals surface area contributed by atoms with Crippen molar-refractivity contribution < 1.29 is 4.74 Å². The zero-order chi connectivity index (χ0) is 15.4. The van der Waals surface area contributed by atoms with E-state index in [9.17, 15) is 0 Å². The number of ether oxygens (including phenoxy) is 1. The van der Waals surface area contributed by atoms with Crippen LogP contribution in [0.1, 0.15) is 30.6 Å². The molecule has 0 radical (unpaired) electrons. The molecule has 1 atom stereocenters. The Balaban J connectivity index is 1.61. The van der Waals surface area contributed by atoms with Crippen LogP contribution in [0.15, 0.2) is 18.2 Å². The summed E-state index contributed by atoms with van der Waals surface area (Å²) in [6.45, 7) is 2.74. The minimum absolute atomic E-state index is 0.0117. The van der Waals surface area contributed by atoms with Gasteiger partial charge in [0, 0.05) is 12.2 Å². The second-order valence-electron chi connectivity index (χ2n) is 5.72. The number of nitrogens with zero attached hydrogens (tertiary/aromatic N) is 5. The highest BCUT2D eigenvalue weighted by Gasteiger charge is 2.25. The average molecular weight is 326 g/mol. The molecule has 1 fully saturated rings. The Morgan fingerprint density at radius 2 is 2.30 bits per heavy atom. The van der Waals surface area contributed by atoms with E-state index in [1.54, 1.807) is 0 Å². The number of aromatic amines is 1. The second kappa shape index (κ2) is 4.84. The predicted molar refractivity (Wildman–Crippen MR) is 86.4 cm³/mol. The molecule has 5 rings (SSSR count). The molecule has 0 aliphatic carbocycles. The molecule has 4 aromatic rings. The first-order chi connectivity index (χ1) is 11.3. The number of nitrogens with one attached hydrogen (secondary N) is 1. The van der Waals surface area contributed by atoms with Gasteiger partial charge in [-0.05, 0) is 38.0 Å². The maximum Gasteiger partial charge on any atom is 0.235 e. The van der Waals surface area contributed by atoms with Crippen LogP contribution >= 0.6 is 11.3 Å². The fraction of sp³-hybridized carbons (Fsp3) is 0.333. The number of benzene rings is 1. The van der Waals surface area contributed by atoms with Gasteiger partial charge in [0.25, 0.3) is 0 Å². The SMILES string of the molecule is Cc1nc2ccc(-c3nn4c([C@H]5CCCO5)nnc4s3)cc2[nH]1. The number of rotatable bonds is 2. The standard InChI is InChI=1S/C15H14N6OS/c1-8-16-10-5-4-9(7-11(10)17-8)14-20-21-13(12-3-2-6-22-12)18-19-15(21)23-14/h4-5,7,12H,2-3,6H2,1H3,(H,16,17)/t12-/m1/s1. The molecule has 0 amide bonds. The molecule has 0 unspecified atom stereocenters. The van der Waals surface area contributed by atoms with Crippen molar-refractivity contribution in [3.05, 3.63) is 29.8 Å².